The molecule has 3 aromatic rings. The zero-order chi connectivity index (χ0) is 16.9. The quantitative estimate of drug-likeness (QED) is 0.462. The van der Waals surface area contributed by atoms with Crippen LogP contribution >= 0.6 is 0 Å². The number of para-hydroxylation sites is 1. The number of rotatable bonds is 1. The summed E-state index contributed by atoms with van der Waals surface area (Å²) in [6, 6.07) is 20.9. The number of aromatic hydroxyl groups is 1. The molecule has 3 aromatic carbocycles. The van der Waals surface area contributed by atoms with Crippen LogP contribution in [0.3, 0.4) is 0 Å². The number of hydrogen-bond acceptors (Lipinski definition) is 1. The lowest BCUT2D eigenvalue weighted by Gasteiger charge is -2.20. The Kier molecular flexibility index (Phi) is 3.28. The molecule has 4 rings (SSSR count). The summed E-state index contributed by atoms with van der Waals surface area (Å²) in [6.45, 7) is 6.76. The number of phenols is 1. The highest BCUT2D eigenvalue weighted by molar-refractivity contribution is 5.86. The molecule has 0 heterocycles. The molecule has 0 bridgehead atoms. The van der Waals surface area contributed by atoms with Crippen LogP contribution in [0.25, 0.3) is 22.3 Å². The van der Waals surface area contributed by atoms with Crippen molar-refractivity contribution in [1.29, 1.82) is 0 Å². The van der Waals surface area contributed by atoms with Crippen molar-refractivity contribution in [3.63, 3.8) is 0 Å². The number of benzene rings is 3. The second-order valence-corrected chi connectivity index (χ2v) is 7.65. The summed E-state index contributed by atoms with van der Waals surface area (Å²) in [7, 11) is 0. The van der Waals surface area contributed by atoms with Crippen molar-refractivity contribution in [2.45, 2.75) is 32.6 Å². The largest absolute Gasteiger partial charge is 0.507 e. The van der Waals surface area contributed by atoms with Crippen LogP contribution in [-0.4, -0.2) is 5.11 Å². The molecule has 0 unspecified atom stereocenters. The zero-order valence-corrected chi connectivity index (χ0v) is 14.4. The maximum atomic E-state index is 10.3. The summed E-state index contributed by atoms with van der Waals surface area (Å²) in [6.07, 6.45) is 0.930. The van der Waals surface area contributed by atoms with Gasteiger partial charge in [0.2, 0.25) is 0 Å². The van der Waals surface area contributed by atoms with Crippen molar-refractivity contribution in [3.8, 4) is 28.0 Å². The third-order valence-corrected chi connectivity index (χ3v) is 5.00. The Labute approximate surface area is 143 Å². The van der Waals surface area contributed by atoms with Crippen molar-refractivity contribution in [1.82, 2.24) is 0 Å². The smallest absolute Gasteiger partial charge is 0.123 e. The first-order valence-electron chi connectivity index (χ1n) is 8.49. The monoisotopic (exact) mass is 314 g/mol. The van der Waals surface area contributed by atoms with Crippen LogP contribution in [0.2, 0.25) is 0 Å². The summed E-state index contributed by atoms with van der Waals surface area (Å²) >= 11 is 0. The van der Waals surface area contributed by atoms with E-state index in [0.29, 0.717) is 5.75 Å². The van der Waals surface area contributed by atoms with Crippen LogP contribution in [0.1, 0.15) is 37.5 Å². The molecule has 0 spiro atoms. The highest BCUT2D eigenvalue weighted by Crippen LogP contribution is 2.44. The minimum atomic E-state index is 0.146. The standard InChI is InChI=1S/C23H22O/c1-23(2,3)16-12-11-15-13-21-17(19-7-4-5-10-22(19)24)8-6-9-18(21)20(15)14-16/h4-12,14,24H,13H2,1-3H3. The second kappa shape index (κ2) is 5.24. The van der Waals surface area contributed by atoms with Gasteiger partial charge in [0, 0.05) is 5.56 Å². The van der Waals surface area contributed by atoms with E-state index in [2.05, 4.69) is 57.2 Å². The maximum Gasteiger partial charge on any atom is 0.123 e. The van der Waals surface area contributed by atoms with Crippen molar-refractivity contribution in [2.75, 3.05) is 0 Å². The van der Waals surface area contributed by atoms with E-state index in [0.717, 1.165) is 17.5 Å². The highest BCUT2D eigenvalue weighted by atomic mass is 16.3. The second-order valence-electron chi connectivity index (χ2n) is 7.65. The van der Waals surface area contributed by atoms with E-state index < -0.39 is 0 Å². The number of phenolic OH excluding ortho intramolecular Hbond substituents is 1. The average molecular weight is 314 g/mol. The van der Waals surface area contributed by atoms with Gasteiger partial charge in [-0.15, -0.1) is 0 Å². The SMILES string of the molecule is CC(C)(C)c1ccc2c(c1)-c1cccc(-c3ccccc3O)c1C2. The van der Waals surface area contributed by atoms with Crippen LogP contribution in [0.4, 0.5) is 0 Å². The Hall–Kier alpha value is -2.54. The van der Waals surface area contributed by atoms with Crippen molar-refractivity contribution in [3.05, 3.63) is 77.4 Å². The maximum absolute atomic E-state index is 10.3. The van der Waals surface area contributed by atoms with Crippen LogP contribution in [0, 0.1) is 0 Å². The van der Waals surface area contributed by atoms with Gasteiger partial charge in [0.1, 0.15) is 5.75 Å². The number of fused-ring (bicyclic) bond motifs is 3. The molecule has 1 aliphatic carbocycles. The van der Waals surface area contributed by atoms with Gasteiger partial charge in [0.05, 0.1) is 0 Å². The van der Waals surface area contributed by atoms with Gasteiger partial charge in [0.25, 0.3) is 0 Å². The fraction of sp³-hybridized carbons (Fsp3) is 0.217. The Morgan fingerprint density at radius 2 is 1.42 bits per heavy atom. The molecule has 0 saturated carbocycles. The van der Waals surface area contributed by atoms with E-state index in [4.69, 9.17) is 0 Å². The lowest BCUT2D eigenvalue weighted by atomic mass is 9.85. The summed E-state index contributed by atoms with van der Waals surface area (Å²) in [5.74, 6) is 0.345. The van der Waals surface area contributed by atoms with E-state index in [-0.39, 0.29) is 5.41 Å². The zero-order valence-electron chi connectivity index (χ0n) is 14.4. The molecule has 0 aromatic heterocycles. The van der Waals surface area contributed by atoms with Gasteiger partial charge in [-0.1, -0.05) is 75.4 Å². The molecule has 1 aliphatic rings. The predicted octanol–water partition coefficient (Wildman–Crippen LogP) is 5.93. The van der Waals surface area contributed by atoms with E-state index in [1.165, 1.54) is 27.8 Å². The van der Waals surface area contributed by atoms with Crippen LogP contribution in [0.15, 0.2) is 60.7 Å². The first kappa shape index (κ1) is 15.0. The van der Waals surface area contributed by atoms with Gasteiger partial charge < -0.3 is 5.11 Å². The average Bonchev–Trinajstić information content (AvgIpc) is 2.92. The summed E-state index contributed by atoms with van der Waals surface area (Å²) in [5.41, 5.74) is 8.90. The minimum Gasteiger partial charge on any atom is -0.507 e. The van der Waals surface area contributed by atoms with Gasteiger partial charge in [-0.3, -0.25) is 0 Å². The van der Waals surface area contributed by atoms with E-state index in [1.54, 1.807) is 6.07 Å². The number of hydrogen-bond donors (Lipinski definition) is 1. The molecule has 0 amide bonds. The van der Waals surface area contributed by atoms with Gasteiger partial charge in [0.15, 0.2) is 0 Å². The Morgan fingerprint density at radius 3 is 2.12 bits per heavy atom. The Morgan fingerprint density at radius 1 is 0.750 bits per heavy atom. The summed E-state index contributed by atoms with van der Waals surface area (Å²) in [5, 5.41) is 10.3. The molecule has 0 radical (unpaired) electrons. The lowest BCUT2D eigenvalue weighted by Crippen LogP contribution is -2.10. The Bertz CT molecular complexity index is 929. The molecule has 1 heteroatoms. The molecule has 0 saturated heterocycles. The molecule has 1 N–H and O–H groups in total. The highest BCUT2D eigenvalue weighted by Gasteiger charge is 2.24. The first-order chi connectivity index (χ1) is 11.4. The van der Waals surface area contributed by atoms with E-state index in [9.17, 15) is 5.11 Å². The molecule has 0 fully saturated rings. The fourth-order valence-electron chi connectivity index (χ4n) is 3.62. The molecule has 24 heavy (non-hydrogen) atoms. The normalized spacial score (nSPS) is 12.8. The van der Waals surface area contributed by atoms with Crippen LogP contribution in [-0.2, 0) is 11.8 Å². The predicted molar refractivity (Wildman–Crippen MR) is 100 cm³/mol. The third-order valence-electron chi connectivity index (χ3n) is 5.00. The van der Waals surface area contributed by atoms with Gasteiger partial charge >= 0.3 is 0 Å². The molecule has 1 nitrogen and oxygen atoms in total. The fourth-order valence-corrected chi connectivity index (χ4v) is 3.62. The van der Waals surface area contributed by atoms with Gasteiger partial charge in [-0.25, -0.2) is 0 Å². The van der Waals surface area contributed by atoms with Crippen molar-refractivity contribution < 1.29 is 5.11 Å². The Balaban J connectivity index is 1.90. The van der Waals surface area contributed by atoms with E-state index in [1.807, 2.05) is 18.2 Å². The molecule has 0 aliphatic heterocycles. The van der Waals surface area contributed by atoms with E-state index >= 15 is 0 Å². The molecular formula is C23H22O. The summed E-state index contributed by atoms with van der Waals surface area (Å²) in [4.78, 5) is 0. The van der Waals surface area contributed by atoms with Crippen molar-refractivity contribution in [2.24, 2.45) is 0 Å². The van der Waals surface area contributed by atoms with Crippen LogP contribution in [0.5, 0.6) is 5.75 Å². The summed E-state index contributed by atoms with van der Waals surface area (Å²) < 4.78 is 0. The molecule has 0 atom stereocenters. The van der Waals surface area contributed by atoms with Gasteiger partial charge in [-0.2, -0.15) is 0 Å². The van der Waals surface area contributed by atoms with Crippen molar-refractivity contribution >= 4 is 0 Å². The van der Waals surface area contributed by atoms with Gasteiger partial charge in [-0.05, 0) is 51.3 Å². The van der Waals surface area contributed by atoms with Crippen LogP contribution < -0.4 is 0 Å². The lowest BCUT2D eigenvalue weighted by molar-refractivity contribution is 0.477. The first-order valence-corrected chi connectivity index (χ1v) is 8.49. The topological polar surface area (TPSA) is 20.2 Å². The molecular weight excluding hydrogens is 292 g/mol. The minimum absolute atomic E-state index is 0.146. The third kappa shape index (κ3) is 2.32. The molecule has 120 valence electrons.